The monoisotopic (exact) mass is 361 g/mol. The van der Waals surface area contributed by atoms with Crippen LogP contribution in [-0.2, 0) is 4.79 Å². The van der Waals surface area contributed by atoms with Crippen LogP contribution in [0.1, 0.15) is 6.92 Å². The number of hydrogen-bond donors (Lipinski definition) is 1. The zero-order valence-electron chi connectivity index (χ0n) is 12.9. The third-order valence-electron chi connectivity index (χ3n) is 3.06. The standard InChI is InChI=1S/C16H15N3O3S2/c1-2-22-11-6-7-12-13(9-11)24-16(17-12)18-14(20)10-23-15-5-3-4-8-19(15)21/h3-9H,2,10H2,1H3,(H,17,18,20). The molecule has 0 radical (unpaired) electrons. The van der Waals surface area contributed by atoms with Crippen molar-refractivity contribution < 1.29 is 14.3 Å². The third-order valence-corrected chi connectivity index (χ3v) is 5.01. The second-order valence-corrected chi connectivity index (χ2v) is 6.81. The molecule has 2 heterocycles. The summed E-state index contributed by atoms with van der Waals surface area (Å²) in [5.41, 5.74) is 0.812. The fourth-order valence-electron chi connectivity index (χ4n) is 2.03. The Morgan fingerprint density at radius 2 is 2.29 bits per heavy atom. The van der Waals surface area contributed by atoms with E-state index in [9.17, 15) is 10.0 Å². The van der Waals surface area contributed by atoms with Crippen LogP contribution in [0.5, 0.6) is 5.75 Å². The van der Waals surface area contributed by atoms with Crippen LogP contribution in [0.2, 0.25) is 0 Å². The first-order valence-corrected chi connectivity index (χ1v) is 9.10. The summed E-state index contributed by atoms with van der Waals surface area (Å²) in [6, 6.07) is 10.7. The van der Waals surface area contributed by atoms with Crippen molar-refractivity contribution >= 4 is 44.4 Å². The molecule has 0 atom stereocenters. The normalized spacial score (nSPS) is 10.7. The first-order chi connectivity index (χ1) is 11.7. The number of thioether (sulfide) groups is 1. The van der Waals surface area contributed by atoms with Gasteiger partial charge < -0.3 is 15.3 Å². The number of ether oxygens (including phenoxy) is 1. The number of fused-ring (bicyclic) bond motifs is 1. The van der Waals surface area contributed by atoms with Gasteiger partial charge in [-0.3, -0.25) is 4.79 Å². The molecule has 1 amide bonds. The smallest absolute Gasteiger partial charge is 0.251 e. The minimum Gasteiger partial charge on any atom is -0.618 e. The van der Waals surface area contributed by atoms with E-state index in [0.717, 1.165) is 20.7 Å². The van der Waals surface area contributed by atoms with Crippen LogP contribution >= 0.6 is 23.1 Å². The molecule has 0 unspecified atom stereocenters. The van der Waals surface area contributed by atoms with E-state index in [4.69, 9.17) is 4.74 Å². The van der Waals surface area contributed by atoms with Crippen molar-refractivity contribution in [1.29, 1.82) is 0 Å². The van der Waals surface area contributed by atoms with Crippen molar-refractivity contribution in [3.8, 4) is 5.75 Å². The lowest BCUT2D eigenvalue weighted by Gasteiger charge is -2.03. The Kier molecular flexibility index (Phi) is 5.17. The highest BCUT2D eigenvalue weighted by Gasteiger charge is 2.12. The summed E-state index contributed by atoms with van der Waals surface area (Å²) >= 11 is 2.58. The molecule has 1 aromatic carbocycles. The number of nitrogens with one attached hydrogen (secondary N) is 1. The highest BCUT2D eigenvalue weighted by atomic mass is 32.2. The Morgan fingerprint density at radius 3 is 3.08 bits per heavy atom. The van der Waals surface area contributed by atoms with Gasteiger partial charge in [0.05, 0.1) is 22.6 Å². The maximum Gasteiger partial charge on any atom is 0.251 e. The Morgan fingerprint density at radius 1 is 1.42 bits per heavy atom. The molecule has 8 heteroatoms. The van der Waals surface area contributed by atoms with E-state index in [0.29, 0.717) is 16.8 Å². The number of hydrogen-bond acceptors (Lipinski definition) is 6. The van der Waals surface area contributed by atoms with Crippen LogP contribution in [0.15, 0.2) is 47.6 Å². The zero-order chi connectivity index (χ0) is 16.9. The number of carbonyl (C=O) groups excluding carboxylic acids is 1. The number of carbonyl (C=O) groups is 1. The summed E-state index contributed by atoms with van der Waals surface area (Å²) in [6.45, 7) is 2.53. The molecular formula is C16H15N3O3S2. The van der Waals surface area contributed by atoms with Gasteiger partial charge in [0, 0.05) is 12.1 Å². The van der Waals surface area contributed by atoms with Crippen molar-refractivity contribution in [1.82, 2.24) is 4.98 Å². The summed E-state index contributed by atoms with van der Waals surface area (Å²) in [5, 5.41) is 15.3. The summed E-state index contributed by atoms with van der Waals surface area (Å²) in [7, 11) is 0. The predicted molar refractivity (Wildman–Crippen MR) is 95.5 cm³/mol. The minimum atomic E-state index is -0.201. The maximum atomic E-state index is 12.0. The van der Waals surface area contributed by atoms with Crippen molar-refractivity contribution in [2.24, 2.45) is 0 Å². The van der Waals surface area contributed by atoms with Crippen LogP contribution in [0.3, 0.4) is 0 Å². The number of thiazole rings is 1. The molecule has 6 nitrogen and oxygen atoms in total. The molecule has 124 valence electrons. The van der Waals surface area contributed by atoms with Crippen molar-refractivity contribution in [2.75, 3.05) is 17.7 Å². The van der Waals surface area contributed by atoms with Gasteiger partial charge in [0.25, 0.3) is 5.03 Å². The Hall–Kier alpha value is -2.32. The Labute approximate surface area is 147 Å². The van der Waals surface area contributed by atoms with E-state index in [1.165, 1.54) is 29.3 Å². The van der Waals surface area contributed by atoms with E-state index in [-0.39, 0.29) is 11.7 Å². The fourth-order valence-corrected chi connectivity index (χ4v) is 3.66. The van der Waals surface area contributed by atoms with Gasteiger partial charge in [-0.05, 0) is 43.0 Å². The summed E-state index contributed by atoms with van der Waals surface area (Å²) < 4.78 is 7.15. The maximum absolute atomic E-state index is 12.0. The van der Waals surface area contributed by atoms with E-state index in [1.54, 1.807) is 18.2 Å². The largest absolute Gasteiger partial charge is 0.618 e. The second kappa shape index (κ2) is 7.50. The number of nitrogens with zero attached hydrogens (tertiary/aromatic N) is 2. The average molecular weight is 361 g/mol. The molecule has 0 spiro atoms. The van der Waals surface area contributed by atoms with Crippen LogP contribution < -0.4 is 14.8 Å². The topological polar surface area (TPSA) is 78.2 Å². The molecule has 0 fully saturated rings. The predicted octanol–water partition coefficient (Wildman–Crippen LogP) is 3.06. The highest BCUT2D eigenvalue weighted by molar-refractivity contribution is 7.99. The number of rotatable bonds is 6. The van der Waals surface area contributed by atoms with Gasteiger partial charge in [0.15, 0.2) is 11.3 Å². The van der Waals surface area contributed by atoms with Crippen LogP contribution in [0.25, 0.3) is 10.2 Å². The Balaban J connectivity index is 1.63. The lowest BCUT2D eigenvalue weighted by atomic mass is 10.3. The Bertz CT molecular complexity index is 867. The van der Waals surface area contributed by atoms with Crippen molar-refractivity contribution in [3.05, 3.63) is 47.8 Å². The molecule has 0 aliphatic heterocycles. The summed E-state index contributed by atoms with van der Waals surface area (Å²) in [4.78, 5) is 16.4. The molecule has 24 heavy (non-hydrogen) atoms. The molecular weight excluding hydrogens is 346 g/mol. The van der Waals surface area contributed by atoms with Gasteiger partial charge in [-0.2, -0.15) is 4.73 Å². The lowest BCUT2D eigenvalue weighted by molar-refractivity contribution is -0.645. The molecule has 1 N–H and O–H groups in total. The molecule has 2 aromatic heterocycles. The molecule has 0 aliphatic rings. The number of aromatic nitrogens is 2. The average Bonchev–Trinajstić information content (AvgIpc) is 2.96. The first kappa shape index (κ1) is 16.5. The molecule has 3 aromatic rings. The van der Waals surface area contributed by atoms with E-state index >= 15 is 0 Å². The molecule has 0 aliphatic carbocycles. The van der Waals surface area contributed by atoms with E-state index < -0.39 is 0 Å². The molecule has 0 saturated heterocycles. The SMILES string of the molecule is CCOc1ccc2nc(NC(=O)CSc3cccc[n+]3[O-])sc2c1. The van der Waals surface area contributed by atoms with Crippen LogP contribution in [0.4, 0.5) is 5.13 Å². The zero-order valence-corrected chi connectivity index (χ0v) is 14.5. The van der Waals surface area contributed by atoms with Gasteiger partial charge >= 0.3 is 0 Å². The number of anilines is 1. The third kappa shape index (κ3) is 3.95. The summed E-state index contributed by atoms with van der Waals surface area (Å²) in [6.07, 6.45) is 1.41. The second-order valence-electron chi connectivity index (χ2n) is 4.78. The summed E-state index contributed by atoms with van der Waals surface area (Å²) in [5.74, 6) is 0.728. The van der Waals surface area contributed by atoms with Crippen LogP contribution in [-0.4, -0.2) is 23.3 Å². The van der Waals surface area contributed by atoms with Gasteiger partial charge in [0.1, 0.15) is 5.75 Å². The quantitative estimate of drug-likeness (QED) is 0.415. The van der Waals surface area contributed by atoms with Gasteiger partial charge in [0.2, 0.25) is 5.91 Å². The number of amides is 1. The minimum absolute atomic E-state index is 0.145. The van der Waals surface area contributed by atoms with Crippen molar-refractivity contribution in [3.63, 3.8) is 0 Å². The van der Waals surface area contributed by atoms with Gasteiger partial charge in [-0.15, -0.1) is 0 Å². The molecule has 0 saturated carbocycles. The van der Waals surface area contributed by atoms with Crippen molar-refractivity contribution in [2.45, 2.75) is 11.9 Å². The van der Waals surface area contributed by atoms with Gasteiger partial charge in [-0.1, -0.05) is 11.3 Å². The van der Waals surface area contributed by atoms with E-state index in [2.05, 4.69) is 10.3 Å². The lowest BCUT2D eigenvalue weighted by Crippen LogP contribution is -2.28. The molecule has 3 rings (SSSR count). The number of pyridine rings is 1. The molecule has 0 bridgehead atoms. The fraction of sp³-hybridized carbons (Fsp3) is 0.188. The first-order valence-electron chi connectivity index (χ1n) is 7.30. The number of benzene rings is 1. The van der Waals surface area contributed by atoms with E-state index in [1.807, 2.05) is 25.1 Å². The van der Waals surface area contributed by atoms with Crippen LogP contribution in [0, 0.1) is 5.21 Å². The highest BCUT2D eigenvalue weighted by Crippen LogP contribution is 2.29. The van der Waals surface area contributed by atoms with Gasteiger partial charge in [-0.25, -0.2) is 4.98 Å².